The Bertz CT molecular complexity index is 152. The predicted octanol–water partition coefficient (Wildman–Crippen LogP) is -0.317. The summed E-state index contributed by atoms with van der Waals surface area (Å²) < 4.78 is 0. The minimum atomic E-state index is -0.243. The lowest BCUT2D eigenvalue weighted by Gasteiger charge is -2.17. The maximum atomic E-state index is 6.92. The van der Waals surface area contributed by atoms with Gasteiger partial charge in [-0.3, -0.25) is 15.7 Å². The van der Waals surface area contributed by atoms with Gasteiger partial charge in [-0.25, -0.2) is 0 Å². The lowest BCUT2D eigenvalue weighted by atomic mass is 10.5. The molecule has 6 N–H and O–H groups in total. The number of halogens is 1. The summed E-state index contributed by atoms with van der Waals surface area (Å²) >= 11 is 0. The second kappa shape index (κ2) is 5.55. The molecule has 0 unspecified atom stereocenters. The predicted molar refractivity (Wildman–Crippen MR) is 48.0 cm³/mol. The highest BCUT2D eigenvalue weighted by molar-refractivity contribution is 5.94. The third-order valence-corrected chi connectivity index (χ3v) is 0.893. The Kier molecular flexibility index (Phi) is 6.28. The summed E-state index contributed by atoms with van der Waals surface area (Å²) in [5, 5.41) is 13.8. The molecule has 0 fully saturated rings. The Morgan fingerprint density at radius 3 is 1.82 bits per heavy atom. The normalized spacial score (nSPS) is 7.64. The molecule has 64 valence electrons. The fourth-order valence-electron chi connectivity index (χ4n) is 0.456. The van der Waals surface area contributed by atoms with Crippen LogP contribution < -0.4 is 11.5 Å². The van der Waals surface area contributed by atoms with E-state index in [9.17, 15) is 0 Å². The van der Waals surface area contributed by atoms with Gasteiger partial charge >= 0.3 is 0 Å². The summed E-state index contributed by atoms with van der Waals surface area (Å²) in [5.41, 5.74) is 10.1. The van der Waals surface area contributed by atoms with Crippen LogP contribution in [0.3, 0.4) is 0 Å². The minimum Gasteiger partial charge on any atom is -0.370 e. The Hall–Kier alpha value is -1.23. The van der Waals surface area contributed by atoms with E-state index >= 15 is 0 Å². The lowest BCUT2D eigenvalue weighted by molar-refractivity contribution is 0.653. The van der Waals surface area contributed by atoms with Crippen LogP contribution in [0.4, 0.5) is 0 Å². The van der Waals surface area contributed by atoms with Crippen molar-refractivity contribution in [2.75, 3.05) is 6.54 Å². The first-order valence-electron chi connectivity index (χ1n) is 2.66. The second-order valence-electron chi connectivity index (χ2n) is 1.67. The second-order valence-corrected chi connectivity index (χ2v) is 1.67. The lowest BCUT2D eigenvalue weighted by Crippen LogP contribution is -2.44. The van der Waals surface area contributed by atoms with Crippen LogP contribution in [0.25, 0.3) is 0 Å². The number of nitrogens with two attached hydrogens (primary N) is 2. The van der Waals surface area contributed by atoms with Crippen molar-refractivity contribution in [3.05, 3.63) is 12.7 Å². The molecule has 0 aromatic heterocycles. The third kappa shape index (κ3) is 4.21. The van der Waals surface area contributed by atoms with Crippen molar-refractivity contribution in [3.8, 4) is 0 Å². The van der Waals surface area contributed by atoms with Gasteiger partial charge in [-0.15, -0.1) is 19.0 Å². The molecule has 0 aromatic carbocycles. The van der Waals surface area contributed by atoms with Crippen LogP contribution in [0, 0.1) is 10.8 Å². The molecule has 0 aromatic rings. The Morgan fingerprint density at radius 1 is 1.36 bits per heavy atom. The van der Waals surface area contributed by atoms with Gasteiger partial charge in [-0.1, -0.05) is 6.08 Å². The molecule has 5 nitrogen and oxygen atoms in total. The third-order valence-electron chi connectivity index (χ3n) is 0.893. The number of nitrogens with zero attached hydrogens (tertiary/aromatic N) is 1. The highest BCUT2D eigenvalue weighted by Gasteiger charge is 2.05. The Morgan fingerprint density at radius 2 is 1.73 bits per heavy atom. The average Bonchev–Trinajstić information content (AvgIpc) is 1.81. The summed E-state index contributed by atoms with van der Waals surface area (Å²) in [6, 6.07) is 0. The number of hydrogen-bond donors (Lipinski definition) is 4. The average molecular weight is 178 g/mol. The van der Waals surface area contributed by atoms with E-state index in [1.165, 1.54) is 6.08 Å². The van der Waals surface area contributed by atoms with Crippen LogP contribution in [0.1, 0.15) is 0 Å². The highest BCUT2D eigenvalue weighted by atomic mass is 35.5. The van der Waals surface area contributed by atoms with Gasteiger partial charge in [0.1, 0.15) is 0 Å². The van der Waals surface area contributed by atoms with Crippen molar-refractivity contribution in [2.45, 2.75) is 0 Å². The molecule has 0 saturated carbocycles. The molecule has 0 aliphatic carbocycles. The standard InChI is InChI=1S/C5H11N5.ClH/c1-2-3-10(4(6)7)5(8)9;/h2H,1,3H2,(H3,6,7)(H3,8,9);1H. The van der Waals surface area contributed by atoms with E-state index in [2.05, 4.69) is 6.58 Å². The smallest absolute Gasteiger partial charge is 0.195 e. The molecular weight excluding hydrogens is 166 g/mol. The van der Waals surface area contributed by atoms with E-state index in [4.69, 9.17) is 22.3 Å². The van der Waals surface area contributed by atoms with E-state index in [1.807, 2.05) is 0 Å². The van der Waals surface area contributed by atoms with Crippen LogP contribution in [-0.2, 0) is 0 Å². The first-order chi connectivity index (χ1) is 4.59. The van der Waals surface area contributed by atoms with Crippen molar-refractivity contribution in [1.29, 1.82) is 10.8 Å². The number of hydrogen-bond acceptors (Lipinski definition) is 2. The van der Waals surface area contributed by atoms with E-state index in [1.54, 1.807) is 0 Å². The Labute approximate surface area is 71.5 Å². The molecule has 0 atom stereocenters. The van der Waals surface area contributed by atoms with Crippen molar-refractivity contribution in [2.24, 2.45) is 11.5 Å². The van der Waals surface area contributed by atoms with Gasteiger partial charge in [0.15, 0.2) is 11.9 Å². The zero-order valence-corrected chi connectivity index (χ0v) is 6.82. The van der Waals surface area contributed by atoms with Crippen LogP contribution in [0.2, 0.25) is 0 Å². The maximum absolute atomic E-state index is 6.92. The summed E-state index contributed by atoms with van der Waals surface area (Å²) in [6.07, 6.45) is 1.52. The molecule has 0 radical (unpaired) electrons. The molecule has 0 aliphatic rings. The minimum absolute atomic E-state index is 0. The quantitative estimate of drug-likeness (QED) is 0.264. The molecule has 0 saturated heterocycles. The maximum Gasteiger partial charge on any atom is 0.195 e. The summed E-state index contributed by atoms with van der Waals surface area (Å²) in [4.78, 5) is 1.12. The van der Waals surface area contributed by atoms with Crippen LogP contribution >= 0.6 is 12.4 Å². The van der Waals surface area contributed by atoms with E-state index in [0.29, 0.717) is 6.54 Å². The fourth-order valence-corrected chi connectivity index (χ4v) is 0.456. The first-order valence-corrected chi connectivity index (χ1v) is 2.66. The molecule has 0 heterocycles. The van der Waals surface area contributed by atoms with Crippen molar-refractivity contribution >= 4 is 24.3 Å². The zero-order valence-electron chi connectivity index (χ0n) is 6.00. The van der Waals surface area contributed by atoms with Crippen molar-refractivity contribution in [1.82, 2.24) is 4.90 Å². The van der Waals surface area contributed by atoms with Gasteiger partial charge in [0.25, 0.3) is 0 Å². The van der Waals surface area contributed by atoms with Gasteiger partial charge in [-0.05, 0) is 0 Å². The van der Waals surface area contributed by atoms with Gasteiger partial charge in [-0.2, -0.15) is 0 Å². The molecule has 0 rings (SSSR count). The molecule has 0 spiro atoms. The molecule has 0 amide bonds. The molecular formula is C5H12ClN5. The van der Waals surface area contributed by atoms with Crippen LogP contribution in [-0.4, -0.2) is 23.4 Å². The summed E-state index contributed by atoms with van der Waals surface area (Å²) in [5.74, 6) is -0.486. The largest absolute Gasteiger partial charge is 0.370 e. The Balaban J connectivity index is 0. The fraction of sp³-hybridized carbons (Fsp3) is 0.200. The topological polar surface area (TPSA) is 103 Å². The van der Waals surface area contributed by atoms with Crippen LogP contribution in [0.5, 0.6) is 0 Å². The molecule has 11 heavy (non-hydrogen) atoms. The van der Waals surface area contributed by atoms with E-state index in [0.717, 1.165) is 4.90 Å². The monoisotopic (exact) mass is 177 g/mol. The van der Waals surface area contributed by atoms with E-state index in [-0.39, 0.29) is 24.3 Å². The van der Waals surface area contributed by atoms with E-state index < -0.39 is 0 Å². The van der Waals surface area contributed by atoms with Gasteiger partial charge in [0.2, 0.25) is 0 Å². The number of nitrogens with one attached hydrogen (secondary N) is 2. The number of guanidine groups is 2. The number of rotatable bonds is 2. The summed E-state index contributed by atoms with van der Waals surface area (Å²) in [7, 11) is 0. The first kappa shape index (κ1) is 12.4. The van der Waals surface area contributed by atoms with Gasteiger partial charge in [0, 0.05) is 6.54 Å². The SMILES string of the molecule is C=CCN(C(=N)N)C(=N)N.Cl. The summed E-state index contributed by atoms with van der Waals surface area (Å²) in [6.45, 7) is 3.72. The highest BCUT2D eigenvalue weighted by Crippen LogP contribution is 1.83. The van der Waals surface area contributed by atoms with Crippen LogP contribution in [0.15, 0.2) is 12.7 Å². The van der Waals surface area contributed by atoms with Gasteiger partial charge in [0.05, 0.1) is 0 Å². The molecule has 0 aliphatic heterocycles. The van der Waals surface area contributed by atoms with Crippen molar-refractivity contribution < 1.29 is 0 Å². The van der Waals surface area contributed by atoms with Crippen molar-refractivity contribution in [3.63, 3.8) is 0 Å². The van der Waals surface area contributed by atoms with Gasteiger partial charge < -0.3 is 11.5 Å². The molecule has 0 bridgehead atoms. The molecule has 6 heteroatoms. The zero-order chi connectivity index (χ0) is 8.15.